The molecule has 1 saturated heterocycles. The molecule has 0 spiro atoms. The van der Waals surface area contributed by atoms with E-state index in [1.807, 2.05) is 6.07 Å². The van der Waals surface area contributed by atoms with Gasteiger partial charge in [-0.05, 0) is 61.8 Å². The zero-order valence-electron chi connectivity index (χ0n) is 14.8. The average molecular weight is 369 g/mol. The molecule has 2 aromatic rings. The zero-order chi connectivity index (χ0) is 17.5. The quantitative estimate of drug-likeness (QED) is 0.789. The summed E-state index contributed by atoms with van der Waals surface area (Å²) in [5, 5.41) is 2.09. The third-order valence-corrected chi connectivity index (χ3v) is 6.85. The minimum Gasteiger partial charge on any atom is -0.486 e. The molecule has 0 bridgehead atoms. The van der Waals surface area contributed by atoms with Crippen molar-refractivity contribution in [1.82, 2.24) is 4.90 Å². The Morgan fingerprint density at radius 2 is 1.92 bits per heavy atom. The Labute approximate surface area is 157 Å². The third-order valence-electron chi connectivity index (χ3n) is 5.76. The minimum atomic E-state index is 0.137. The standard InChI is InChI=1S/C21H23NO3S/c23-21(16-13-26-20-6-2-1-4-15(16)20)22-9-3-5-17(22)14-7-8-18-19(12-14)25-11-10-24-18/h7-8,12-13,17H,1-6,9-11H2. The first kappa shape index (κ1) is 16.2. The SMILES string of the molecule is O=C(c1csc2c1CCCC2)N1CCCC1c1ccc2c(c1)OCCO2. The van der Waals surface area contributed by atoms with Crippen LogP contribution < -0.4 is 9.47 Å². The van der Waals surface area contributed by atoms with Crippen LogP contribution in [0, 0.1) is 0 Å². The van der Waals surface area contributed by atoms with E-state index in [1.54, 1.807) is 11.3 Å². The van der Waals surface area contributed by atoms with Crippen molar-refractivity contribution in [3.8, 4) is 11.5 Å². The van der Waals surface area contributed by atoms with Crippen LogP contribution in [0.4, 0.5) is 0 Å². The molecule has 1 fully saturated rings. The molecule has 136 valence electrons. The molecule has 0 N–H and O–H groups in total. The van der Waals surface area contributed by atoms with Crippen LogP contribution in [0.2, 0.25) is 0 Å². The van der Waals surface area contributed by atoms with Crippen LogP contribution in [0.5, 0.6) is 11.5 Å². The third kappa shape index (κ3) is 2.69. The topological polar surface area (TPSA) is 38.8 Å². The van der Waals surface area contributed by atoms with E-state index in [4.69, 9.17) is 9.47 Å². The van der Waals surface area contributed by atoms with Crippen molar-refractivity contribution in [2.24, 2.45) is 0 Å². The molecule has 5 heteroatoms. The van der Waals surface area contributed by atoms with E-state index in [0.717, 1.165) is 54.9 Å². The van der Waals surface area contributed by atoms with Crippen LogP contribution in [0.3, 0.4) is 0 Å². The number of hydrogen-bond acceptors (Lipinski definition) is 4. The van der Waals surface area contributed by atoms with Crippen LogP contribution >= 0.6 is 11.3 Å². The highest BCUT2D eigenvalue weighted by atomic mass is 32.1. The fourth-order valence-corrected chi connectivity index (χ4v) is 5.57. The summed E-state index contributed by atoms with van der Waals surface area (Å²) in [6.07, 6.45) is 6.72. The number of rotatable bonds is 2. The predicted octanol–water partition coefficient (Wildman–Crippen LogP) is 4.38. The number of carbonyl (C=O) groups excluding carboxylic acids is 1. The molecule has 1 unspecified atom stereocenters. The predicted molar refractivity (Wildman–Crippen MR) is 101 cm³/mol. The van der Waals surface area contributed by atoms with Crippen LogP contribution in [-0.4, -0.2) is 30.6 Å². The van der Waals surface area contributed by atoms with Gasteiger partial charge in [-0.15, -0.1) is 11.3 Å². The number of nitrogens with zero attached hydrogens (tertiary/aromatic N) is 1. The van der Waals surface area contributed by atoms with Crippen molar-refractivity contribution < 1.29 is 14.3 Å². The summed E-state index contributed by atoms with van der Waals surface area (Å²) in [5.41, 5.74) is 3.43. The molecule has 0 radical (unpaired) electrons. The molecule has 26 heavy (non-hydrogen) atoms. The van der Waals surface area contributed by atoms with Gasteiger partial charge in [-0.3, -0.25) is 4.79 Å². The molecule has 3 aliphatic rings. The lowest BCUT2D eigenvalue weighted by atomic mass is 9.95. The van der Waals surface area contributed by atoms with Gasteiger partial charge in [0.05, 0.1) is 11.6 Å². The highest BCUT2D eigenvalue weighted by Gasteiger charge is 2.33. The number of ether oxygens (including phenoxy) is 2. The minimum absolute atomic E-state index is 0.137. The lowest BCUT2D eigenvalue weighted by Crippen LogP contribution is -2.31. The molecule has 1 amide bonds. The van der Waals surface area contributed by atoms with Gasteiger partial charge in [0.1, 0.15) is 13.2 Å². The Kier molecular flexibility index (Phi) is 4.12. The summed E-state index contributed by atoms with van der Waals surface area (Å²) in [7, 11) is 0. The maximum atomic E-state index is 13.3. The number of amides is 1. The van der Waals surface area contributed by atoms with Crippen molar-refractivity contribution in [2.45, 2.75) is 44.6 Å². The molecule has 1 aliphatic carbocycles. The summed E-state index contributed by atoms with van der Waals surface area (Å²) < 4.78 is 11.4. The van der Waals surface area contributed by atoms with Crippen LogP contribution in [0.1, 0.15) is 58.1 Å². The molecule has 2 aliphatic heterocycles. The molecule has 4 nitrogen and oxygen atoms in total. The molecular weight excluding hydrogens is 346 g/mol. The normalized spacial score (nSPS) is 21.5. The Bertz CT molecular complexity index is 844. The number of likely N-dealkylation sites (tertiary alicyclic amines) is 1. The van der Waals surface area contributed by atoms with Gasteiger partial charge >= 0.3 is 0 Å². The van der Waals surface area contributed by atoms with Gasteiger partial charge < -0.3 is 14.4 Å². The molecule has 1 aromatic heterocycles. The summed E-state index contributed by atoms with van der Waals surface area (Å²) in [5.74, 6) is 1.82. The second-order valence-electron chi connectivity index (χ2n) is 7.32. The molecule has 0 saturated carbocycles. The van der Waals surface area contributed by atoms with Gasteiger partial charge in [-0.1, -0.05) is 6.07 Å². The Morgan fingerprint density at radius 1 is 1.08 bits per heavy atom. The highest BCUT2D eigenvalue weighted by molar-refractivity contribution is 7.10. The van der Waals surface area contributed by atoms with Crippen molar-refractivity contribution in [3.05, 3.63) is 45.1 Å². The molecule has 5 rings (SSSR count). The summed E-state index contributed by atoms with van der Waals surface area (Å²) in [6.45, 7) is 2.02. The second-order valence-corrected chi connectivity index (χ2v) is 8.28. The second kappa shape index (κ2) is 6.62. The van der Waals surface area contributed by atoms with E-state index in [9.17, 15) is 4.79 Å². The zero-order valence-corrected chi connectivity index (χ0v) is 15.6. The Morgan fingerprint density at radius 3 is 2.85 bits per heavy atom. The first-order chi connectivity index (χ1) is 12.8. The van der Waals surface area contributed by atoms with E-state index in [0.29, 0.717) is 13.2 Å². The summed E-state index contributed by atoms with van der Waals surface area (Å²) in [6, 6.07) is 6.27. The number of benzene rings is 1. The monoisotopic (exact) mass is 369 g/mol. The maximum Gasteiger partial charge on any atom is 0.255 e. The van der Waals surface area contributed by atoms with Crippen molar-refractivity contribution in [3.63, 3.8) is 0 Å². The van der Waals surface area contributed by atoms with E-state index in [1.165, 1.54) is 23.3 Å². The molecule has 1 atom stereocenters. The number of aryl methyl sites for hydroxylation is 1. The van der Waals surface area contributed by atoms with E-state index < -0.39 is 0 Å². The van der Waals surface area contributed by atoms with E-state index >= 15 is 0 Å². The number of thiophene rings is 1. The van der Waals surface area contributed by atoms with Gasteiger partial charge in [0.25, 0.3) is 5.91 Å². The smallest absolute Gasteiger partial charge is 0.255 e. The first-order valence-electron chi connectivity index (χ1n) is 9.61. The number of fused-ring (bicyclic) bond motifs is 2. The van der Waals surface area contributed by atoms with Gasteiger partial charge in [0, 0.05) is 16.8 Å². The first-order valence-corrected chi connectivity index (χ1v) is 10.5. The fraction of sp³-hybridized carbons (Fsp3) is 0.476. The number of hydrogen-bond donors (Lipinski definition) is 0. The number of carbonyl (C=O) groups is 1. The lowest BCUT2D eigenvalue weighted by Gasteiger charge is -2.27. The van der Waals surface area contributed by atoms with Gasteiger partial charge in [-0.2, -0.15) is 0 Å². The largest absolute Gasteiger partial charge is 0.486 e. The average Bonchev–Trinajstić information content (AvgIpc) is 3.34. The maximum absolute atomic E-state index is 13.3. The fourth-order valence-electron chi connectivity index (χ4n) is 4.45. The summed E-state index contributed by atoms with van der Waals surface area (Å²) in [4.78, 5) is 16.8. The Hall–Kier alpha value is -2.01. The van der Waals surface area contributed by atoms with Crippen LogP contribution in [0.15, 0.2) is 23.6 Å². The van der Waals surface area contributed by atoms with Crippen LogP contribution in [-0.2, 0) is 12.8 Å². The van der Waals surface area contributed by atoms with E-state index in [2.05, 4.69) is 22.4 Å². The van der Waals surface area contributed by atoms with Crippen molar-refractivity contribution in [2.75, 3.05) is 19.8 Å². The van der Waals surface area contributed by atoms with Crippen LogP contribution in [0.25, 0.3) is 0 Å². The lowest BCUT2D eigenvalue weighted by molar-refractivity contribution is 0.0734. The molecular formula is C21H23NO3S. The molecule has 1 aromatic carbocycles. The van der Waals surface area contributed by atoms with Gasteiger partial charge in [0.2, 0.25) is 0 Å². The van der Waals surface area contributed by atoms with Crippen molar-refractivity contribution >= 4 is 17.2 Å². The van der Waals surface area contributed by atoms with E-state index in [-0.39, 0.29) is 11.9 Å². The van der Waals surface area contributed by atoms with Gasteiger partial charge in [0.15, 0.2) is 11.5 Å². The summed E-state index contributed by atoms with van der Waals surface area (Å²) >= 11 is 1.77. The highest BCUT2D eigenvalue weighted by Crippen LogP contribution is 2.40. The molecule has 3 heterocycles. The Balaban J connectivity index is 1.44. The van der Waals surface area contributed by atoms with Crippen molar-refractivity contribution in [1.29, 1.82) is 0 Å². The van der Waals surface area contributed by atoms with Gasteiger partial charge in [-0.25, -0.2) is 0 Å².